The van der Waals surface area contributed by atoms with Gasteiger partial charge in [0.25, 0.3) is 5.19 Å². The number of ether oxygens (including phenoxy) is 3. The Labute approximate surface area is 509 Å². The summed E-state index contributed by atoms with van der Waals surface area (Å²) in [7, 11) is 0. The Morgan fingerprint density at radius 2 is 1.09 bits per heavy atom. The number of aromatic nitrogens is 2. The number of amides is 2. The van der Waals surface area contributed by atoms with Gasteiger partial charge in [0.1, 0.15) is 17.3 Å². The molecule has 2 aromatic carbocycles. The summed E-state index contributed by atoms with van der Waals surface area (Å²) in [6.07, 6.45) is 15.0. The van der Waals surface area contributed by atoms with Crippen LogP contribution in [0.2, 0.25) is 4.47 Å². The molecular weight excluding hydrogens is 1150 g/mol. The van der Waals surface area contributed by atoms with Crippen molar-refractivity contribution < 1.29 is 67.9 Å². The van der Waals surface area contributed by atoms with Crippen molar-refractivity contribution in [2.24, 2.45) is 34.5 Å². The van der Waals surface area contributed by atoms with Crippen molar-refractivity contribution in [2.75, 3.05) is 13.1 Å². The first-order valence-corrected chi connectivity index (χ1v) is 31.9. The lowest BCUT2D eigenvalue weighted by Gasteiger charge is -2.29. The minimum Gasteiger partial charge on any atom is -0.481 e. The Kier molecular flexibility index (Phi) is 21.2. The van der Waals surface area contributed by atoms with Crippen LogP contribution in [0.3, 0.4) is 0 Å². The average Bonchev–Trinajstić information content (AvgIpc) is 1.75. The zero-order chi connectivity index (χ0) is 61.4. The molecule has 2 amide bonds. The standard InChI is InChI=1S/C32H40N2O7S.C25H37NO7.C7H4ClNS/c1-31(2,3)41-27(36)15-20-11-7-5-4-6-8-12-21-17-32(21,29(38)39)18-25(35)24-16-22(19-34(24)28(20)37)40-30-33-23-13-9-10-14-26(23)42-30;1-24(2,3)33-21(29)11-16-9-7-5-4-6-8-10-17-13-25(17,23(31)32)14-20(28)19-12-18(27)15-26(19)22(16)30;8-7-9-5-3-1-2-4-6(5)10-7/h8-10,12-14,20-22,24H,4-7,11,15-19H2,1-3H3,(H,38,39);8,10,16-19,27H,4-7,9,11-15H2,1-3H3,(H,31,32);1-4H/b12-8-;10-8-;/t20-,21-,22-,24+,32-;16-,17-,18-,19+,25-;/m11./s1. The van der Waals surface area contributed by atoms with Gasteiger partial charge in [0, 0.05) is 44.1 Å². The van der Waals surface area contributed by atoms with Crippen LogP contribution < -0.4 is 4.74 Å². The van der Waals surface area contributed by atoms with Crippen molar-refractivity contribution in [3.05, 3.63) is 77.3 Å². The van der Waals surface area contributed by atoms with Crippen molar-refractivity contribution in [3.8, 4) is 5.19 Å². The Hall–Kier alpha value is -6.09. The van der Waals surface area contributed by atoms with Crippen LogP contribution in [0.25, 0.3) is 20.4 Å². The van der Waals surface area contributed by atoms with E-state index in [9.17, 15) is 53.7 Å². The third-order valence-electron chi connectivity index (χ3n) is 16.7. The van der Waals surface area contributed by atoms with E-state index >= 15 is 0 Å². The van der Waals surface area contributed by atoms with Gasteiger partial charge in [-0.1, -0.05) is 97.2 Å². The normalized spacial score (nSPS) is 29.3. The van der Waals surface area contributed by atoms with Crippen molar-refractivity contribution in [1.82, 2.24) is 19.8 Å². The molecule has 18 nitrogen and oxygen atoms in total. The topological polar surface area (TPSA) is 257 Å². The van der Waals surface area contributed by atoms with Gasteiger partial charge in [0.2, 0.25) is 11.8 Å². The number of aliphatic hydroxyl groups excluding tert-OH is 1. The Bertz CT molecular complexity index is 3100. The molecule has 3 N–H and O–H groups in total. The largest absolute Gasteiger partial charge is 0.481 e. The lowest BCUT2D eigenvalue weighted by molar-refractivity contribution is -0.159. The number of Topliss-reactive ketones (excluding diaryl/α,β-unsaturated/α-hetero) is 2. The molecule has 6 aliphatic rings. The lowest BCUT2D eigenvalue weighted by atomic mass is 9.91. The Morgan fingerprint density at radius 3 is 1.56 bits per heavy atom. The maximum Gasteiger partial charge on any atom is 0.310 e. The highest BCUT2D eigenvalue weighted by Crippen LogP contribution is 2.58. The predicted octanol–water partition coefficient (Wildman–Crippen LogP) is 11.4. The molecule has 10 atom stereocenters. The third kappa shape index (κ3) is 17.1. The molecule has 2 aliphatic carbocycles. The predicted molar refractivity (Wildman–Crippen MR) is 323 cm³/mol. The van der Waals surface area contributed by atoms with Gasteiger partial charge >= 0.3 is 23.9 Å². The van der Waals surface area contributed by atoms with E-state index in [-0.39, 0.29) is 86.8 Å². The quantitative estimate of drug-likeness (QED) is 0.109. The van der Waals surface area contributed by atoms with Gasteiger partial charge in [0.15, 0.2) is 16.0 Å². The van der Waals surface area contributed by atoms with E-state index in [0.29, 0.717) is 35.3 Å². The lowest BCUT2D eigenvalue weighted by Crippen LogP contribution is -2.45. The summed E-state index contributed by atoms with van der Waals surface area (Å²) >= 11 is 8.60. The Morgan fingerprint density at radius 1 is 0.635 bits per heavy atom. The first kappa shape index (κ1) is 64.9. The number of hydrogen-bond donors (Lipinski definition) is 3. The molecule has 0 radical (unpaired) electrons. The summed E-state index contributed by atoms with van der Waals surface area (Å²) in [5, 5.41) is 30.6. The van der Waals surface area contributed by atoms with Crippen LogP contribution in [0.4, 0.5) is 0 Å². The van der Waals surface area contributed by atoms with Crippen LogP contribution in [-0.4, -0.2) is 131 Å². The van der Waals surface area contributed by atoms with Crippen LogP contribution in [0.15, 0.2) is 72.8 Å². The third-order valence-corrected chi connectivity index (χ3v) is 18.8. The van der Waals surface area contributed by atoms with Crippen molar-refractivity contribution in [3.63, 3.8) is 0 Å². The number of aliphatic carboxylic acids is 2. The minimum absolute atomic E-state index is 0.0173. The number of aliphatic hydroxyl groups is 1. The van der Waals surface area contributed by atoms with Crippen LogP contribution in [-0.2, 0) is 47.8 Å². The molecule has 460 valence electrons. The average molecular weight is 1230 g/mol. The van der Waals surface area contributed by atoms with Gasteiger partial charge < -0.3 is 39.3 Å². The molecule has 2 aromatic heterocycles. The van der Waals surface area contributed by atoms with E-state index in [1.165, 1.54) is 32.5 Å². The van der Waals surface area contributed by atoms with Crippen LogP contribution in [0, 0.1) is 34.5 Å². The van der Waals surface area contributed by atoms with Crippen molar-refractivity contribution >= 4 is 102 Å². The molecular formula is C64H81ClN4O14S2. The summed E-state index contributed by atoms with van der Waals surface area (Å²) in [4.78, 5) is 116. The maximum absolute atomic E-state index is 14.1. The number of carboxylic acids is 2. The number of benzene rings is 2. The van der Waals surface area contributed by atoms with Crippen molar-refractivity contribution in [2.45, 2.75) is 193 Å². The monoisotopic (exact) mass is 1230 g/mol. The number of rotatable bonds is 8. The fraction of sp³-hybridized carbons (Fsp3) is 0.594. The zero-order valence-electron chi connectivity index (χ0n) is 49.5. The molecule has 4 aromatic rings. The number of ketones is 2. The first-order chi connectivity index (χ1) is 40.2. The smallest absolute Gasteiger partial charge is 0.310 e. The molecule has 0 spiro atoms. The van der Waals surface area contributed by atoms with E-state index in [4.69, 9.17) is 25.8 Å². The van der Waals surface area contributed by atoms with Crippen molar-refractivity contribution in [1.29, 1.82) is 0 Å². The highest BCUT2D eigenvalue weighted by atomic mass is 35.5. The van der Waals surface area contributed by atoms with E-state index < -0.39 is 82.0 Å². The highest BCUT2D eigenvalue weighted by Gasteiger charge is 2.62. The SMILES string of the molecule is CC(C)(C)OC(=O)C[C@H]1CCCCC/C=C\[C@@H]2C[C@@]2(C(=O)O)CC(=O)[C@@H]2C[C@@H](O)CN2C1=O.CC(C)(C)OC(=O)C[C@H]1CCCCC/C=C\[C@@H]2C[C@@]2(C(=O)O)CC(=O)[C@@H]2C[C@@H](Oc3nc4ccccc4s3)CN2C1=O.Clc1nc2ccccc2s1. The molecule has 0 unspecified atom stereocenters. The van der Waals surface area contributed by atoms with Crippen LogP contribution in [0.5, 0.6) is 5.19 Å². The number of para-hydroxylation sites is 2. The second-order valence-corrected chi connectivity index (χ2v) is 28.3. The highest BCUT2D eigenvalue weighted by molar-refractivity contribution is 7.22. The molecule has 2 saturated carbocycles. The van der Waals surface area contributed by atoms with Gasteiger partial charge in [0.05, 0.1) is 68.8 Å². The summed E-state index contributed by atoms with van der Waals surface area (Å²) < 4.78 is 19.9. The summed E-state index contributed by atoms with van der Waals surface area (Å²) in [6, 6.07) is 13.9. The number of nitrogens with zero attached hydrogens (tertiary/aromatic N) is 4. The van der Waals surface area contributed by atoms with E-state index in [1.54, 1.807) is 41.5 Å². The molecule has 4 fully saturated rings. The number of carboxylic acid groups (broad SMARTS) is 2. The number of allylic oxidation sites excluding steroid dienone is 4. The van der Waals surface area contributed by atoms with Gasteiger partial charge in [-0.25, -0.2) is 9.97 Å². The maximum atomic E-state index is 14.1. The number of esters is 2. The first-order valence-electron chi connectivity index (χ1n) is 29.9. The van der Waals surface area contributed by atoms with Crippen LogP contribution >= 0.6 is 34.3 Å². The Balaban J connectivity index is 0.000000193. The number of carbonyl (C=O) groups is 8. The van der Waals surface area contributed by atoms with Gasteiger partial charge in [-0.15, -0.1) is 11.3 Å². The molecule has 4 aliphatic heterocycles. The van der Waals surface area contributed by atoms with E-state index in [2.05, 4.69) is 9.97 Å². The van der Waals surface area contributed by atoms with E-state index in [0.717, 1.165) is 71.8 Å². The van der Waals surface area contributed by atoms with Gasteiger partial charge in [-0.3, -0.25) is 38.4 Å². The number of hydrogen-bond acceptors (Lipinski definition) is 16. The molecule has 2 saturated heterocycles. The molecule has 6 heterocycles. The fourth-order valence-corrected chi connectivity index (χ4v) is 14.1. The van der Waals surface area contributed by atoms with Gasteiger partial charge in [-0.05, 0) is 129 Å². The molecule has 85 heavy (non-hydrogen) atoms. The molecule has 10 rings (SSSR count). The summed E-state index contributed by atoms with van der Waals surface area (Å²) in [5.41, 5.74) is -1.80. The number of thiazole rings is 2. The molecule has 21 heteroatoms. The number of halogens is 1. The number of fused-ring (bicyclic) bond motifs is 6. The van der Waals surface area contributed by atoms with Gasteiger partial charge in [-0.2, -0.15) is 0 Å². The number of carbonyl (C=O) groups excluding carboxylic acids is 6. The fourth-order valence-electron chi connectivity index (χ4n) is 12.2. The molecule has 0 bridgehead atoms. The van der Waals surface area contributed by atoms with E-state index in [1.807, 2.05) is 72.8 Å². The zero-order valence-corrected chi connectivity index (χ0v) is 51.9. The summed E-state index contributed by atoms with van der Waals surface area (Å²) in [6.45, 7) is 10.9. The summed E-state index contributed by atoms with van der Waals surface area (Å²) in [5.74, 6) is -5.74. The second-order valence-electron chi connectivity index (χ2n) is 25.7. The van der Waals surface area contributed by atoms with Crippen LogP contribution in [0.1, 0.15) is 157 Å². The second kappa shape index (κ2) is 27.7. The minimum atomic E-state index is -1.13.